The third kappa shape index (κ3) is 7.69. The van der Waals surface area contributed by atoms with Crippen molar-refractivity contribution in [2.45, 2.75) is 38.1 Å². The summed E-state index contributed by atoms with van der Waals surface area (Å²) in [5, 5.41) is 5.42. The molecule has 4 rings (SSSR count). The minimum Gasteiger partial charge on any atom is -0.374 e. The smallest absolute Gasteiger partial charge is 0.251 e. The summed E-state index contributed by atoms with van der Waals surface area (Å²) < 4.78 is 7.44. The maximum atomic E-state index is 13.4. The van der Waals surface area contributed by atoms with Gasteiger partial charge in [0.1, 0.15) is 12.1 Å². The van der Waals surface area contributed by atoms with Gasteiger partial charge in [-0.25, -0.2) is 4.98 Å². The Bertz CT molecular complexity index is 1260. The van der Waals surface area contributed by atoms with Gasteiger partial charge >= 0.3 is 0 Å². The van der Waals surface area contributed by atoms with Crippen molar-refractivity contribution in [1.82, 2.24) is 19.8 Å². The number of anilines is 1. The van der Waals surface area contributed by atoms with Gasteiger partial charge < -0.3 is 30.6 Å². The second-order valence-corrected chi connectivity index (χ2v) is 11.0. The predicted octanol–water partition coefficient (Wildman–Crippen LogP) is 2.38. The van der Waals surface area contributed by atoms with Gasteiger partial charge in [-0.05, 0) is 25.0 Å². The molecule has 2 atom stereocenters. The van der Waals surface area contributed by atoms with Crippen LogP contribution in [0.3, 0.4) is 0 Å². The number of thioether (sulfide) groups is 1. The maximum Gasteiger partial charge on any atom is 0.251 e. The van der Waals surface area contributed by atoms with Crippen LogP contribution in [-0.4, -0.2) is 68.5 Å². The molecule has 39 heavy (non-hydrogen) atoms. The second-order valence-electron chi connectivity index (χ2n) is 9.90. The molecule has 1 aliphatic rings. The van der Waals surface area contributed by atoms with Crippen molar-refractivity contribution in [1.29, 1.82) is 0 Å². The Hall–Kier alpha value is -3.67. The zero-order chi connectivity index (χ0) is 27.8. The molecule has 2 unspecified atom stereocenters. The van der Waals surface area contributed by atoms with Gasteiger partial charge in [0.05, 0.1) is 31.0 Å². The lowest BCUT2D eigenvalue weighted by Gasteiger charge is -2.24. The van der Waals surface area contributed by atoms with Crippen molar-refractivity contribution >= 4 is 35.3 Å². The van der Waals surface area contributed by atoms with E-state index in [-0.39, 0.29) is 24.9 Å². The number of imidazole rings is 1. The van der Waals surface area contributed by atoms with Crippen LogP contribution in [-0.2, 0) is 25.7 Å². The SMILES string of the molecule is CC(C)(N)C(=O)NC(COCc1ccccc1)C(=O)Nc1cn(C(C(=O)N2CCSC2)c2ccccc2)cn1. The van der Waals surface area contributed by atoms with Gasteiger partial charge in [0, 0.05) is 18.5 Å². The van der Waals surface area contributed by atoms with E-state index in [2.05, 4.69) is 15.6 Å². The van der Waals surface area contributed by atoms with Gasteiger partial charge in [-0.15, -0.1) is 11.8 Å². The summed E-state index contributed by atoms with van der Waals surface area (Å²) in [6.07, 6.45) is 3.14. The normalized spacial score (nSPS) is 15.0. The number of amides is 3. The number of aromatic nitrogens is 2. The van der Waals surface area contributed by atoms with Crippen LogP contribution in [0, 0.1) is 0 Å². The third-order valence-electron chi connectivity index (χ3n) is 6.17. The first kappa shape index (κ1) is 28.3. The molecule has 0 radical (unpaired) electrons. The summed E-state index contributed by atoms with van der Waals surface area (Å²) in [7, 11) is 0. The molecular weight excluding hydrogens is 516 g/mol. The van der Waals surface area contributed by atoms with E-state index in [0.717, 1.165) is 16.9 Å². The van der Waals surface area contributed by atoms with E-state index < -0.39 is 29.4 Å². The highest BCUT2D eigenvalue weighted by molar-refractivity contribution is 7.99. The molecule has 3 aromatic rings. The van der Waals surface area contributed by atoms with Gasteiger partial charge in [-0.2, -0.15) is 0 Å². The molecule has 3 amide bonds. The number of carbonyl (C=O) groups is 3. The number of benzene rings is 2. The lowest BCUT2D eigenvalue weighted by molar-refractivity contribution is -0.132. The zero-order valence-corrected chi connectivity index (χ0v) is 22.9. The number of hydrogen-bond acceptors (Lipinski definition) is 7. The van der Waals surface area contributed by atoms with Crippen molar-refractivity contribution in [3.63, 3.8) is 0 Å². The van der Waals surface area contributed by atoms with Crippen LogP contribution in [0.2, 0.25) is 0 Å². The number of carbonyl (C=O) groups excluding carboxylic acids is 3. The Kier molecular flexibility index (Phi) is 9.39. The molecule has 11 heteroatoms. The Labute approximate surface area is 232 Å². The number of nitrogens with one attached hydrogen (secondary N) is 2. The Morgan fingerprint density at radius 2 is 1.79 bits per heavy atom. The van der Waals surface area contributed by atoms with E-state index in [1.54, 1.807) is 36.4 Å². The quantitative estimate of drug-likeness (QED) is 0.334. The number of nitrogens with zero attached hydrogens (tertiary/aromatic N) is 3. The van der Waals surface area contributed by atoms with Crippen LogP contribution in [0.1, 0.15) is 31.0 Å². The summed E-state index contributed by atoms with van der Waals surface area (Å²) in [5.74, 6) is 0.754. The lowest BCUT2D eigenvalue weighted by Crippen LogP contribution is -2.56. The lowest BCUT2D eigenvalue weighted by atomic mass is 10.1. The highest BCUT2D eigenvalue weighted by Crippen LogP contribution is 2.25. The molecular formula is C28H34N6O4S. The topological polar surface area (TPSA) is 132 Å². The van der Waals surface area contributed by atoms with E-state index in [1.165, 1.54) is 6.33 Å². The predicted molar refractivity (Wildman–Crippen MR) is 151 cm³/mol. The van der Waals surface area contributed by atoms with E-state index in [1.807, 2.05) is 65.6 Å². The standard InChI is InChI=1S/C28H34N6O4S/c1-28(2,29)27(37)31-22(17-38-16-20-9-5-3-6-10-20)25(35)32-23-15-34(18-30-23)24(21-11-7-4-8-12-21)26(36)33-13-14-39-19-33/h3-12,15,18,22,24H,13-14,16-17,19,29H2,1-2H3,(H,31,37)(H,32,35). The summed E-state index contributed by atoms with van der Waals surface area (Å²) in [6.45, 7) is 4.01. The van der Waals surface area contributed by atoms with Crippen molar-refractivity contribution in [3.05, 3.63) is 84.3 Å². The van der Waals surface area contributed by atoms with E-state index in [4.69, 9.17) is 10.5 Å². The average molecular weight is 551 g/mol. The first-order valence-electron chi connectivity index (χ1n) is 12.7. The van der Waals surface area contributed by atoms with Crippen molar-refractivity contribution in [2.75, 3.05) is 30.1 Å². The fourth-order valence-corrected chi connectivity index (χ4v) is 4.95. The van der Waals surface area contributed by atoms with Gasteiger partial charge in [0.2, 0.25) is 5.91 Å². The van der Waals surface area contributed by atoms with Crippen molar-refractivity contribution in [2.24, 2.45) is 5.73 Å². The van der Waals surface area contributed by atoms with Crippen LogP contribution in [0.5, 0.6) is 0 Å². The van der Waals surface area contributed by atoms with Gasteiger partial charge in [-0.3, -0.25) is 14.4 Å². The summed E-state index contributed by atoms with van der Waals surface area (Å²) >= 11 is 1.71. The largest absolute Gasteiger partial charge is 0.374 e. The molecule has 0 spiro atoms. The molecule has 0 saturated carbocycles. The number of nitrogens with two attached hydrogens (primary N) is 1. The van der Waals surface area contributed by atoms with E-state index >= 15 is 0 Å². The van der Waals surface area contributed by atoms with E-state index in [9.17, 15) is 14.4 Å². The first-order chi connectivity index (χ1) is 18.7. The minimum absolute atomic E-state index is 0.0360. The molecule has 1 fully saturated rings. The highest BCUT2D eigenvalue weighted by Gasteiger charge is 2.31. The molecule has 0 bridgehead atoms. The van der Waals surface area contributed by atoms with E-state index in [0.29, 0.717) is 12.4 Å². The monoisotopic (exact) mass is 550 g/mol. The molecule has 0 aliphatic carbocycles. The number of rotatable bonds is 11. The fraction of sp³-hybridized carbons (Fsp3) is 0.357. The molecule has 10 nitrogen and oxygen atoms in total. The van der Waals surface area contributed by atoms with Crippen LogP contribution >= 0.6 is 11.8 Å². The summed E-state index contributed by atoms with van der Waals surface area (Å²) in [6, 6.07) is 17.3. The van der Waals surface area contributed by atoms with Crippen LogP contribution in [0.15, 0.2) is 73.2 Å². The molecule has 1 aromatic heterocycles. The molecule has 2 aromatic carbocycles. The fourth-order valence-electron chi connectivity index (χ4n) is 3.99. The third-order valence-corrected chi connectivity index (χ3v) is 7.13. The van der Waals surface area contributed by atoms with Crippen molar-refractivity contribution in [3.8, 4) is 0 Å². The Balaban J connectivity index is 1.48. The molecule has 2 heterocycles. The van der Waals surface area contributed by atoms with Gasteiger partial charge in [0.25, 0.3) is 11.8 Å². The van der Waals surface area contributed by atoms with Gasteiger partial charge in [-0.1, -0.05) is 60.7 Å². The van der Waals surface area contributed by atoms with Crippen molar-refractivity contribution < 1.29 is 19.1 Å². The van der Waals surface area contributed by atoms with Crippen LogP contribution in [0.4, 0.5) is 5.82 Å². The number of ether oxygens (including phenoxy) is 1. The molecule has 1 aliphatic heterocycles. The summed E-state index contributed by atoms with van der Waals surface area (Å²) in [4.78, 5) is 45.4. The average Bonchev–Trinajstić information content (AvgIpc) is 3.62. The zero-order valence-electron chi connectivity index (χ0n) is 22.1. The maximum absolute atomic E-state index is 13.4. The van der Waals surface area contributed by atoms with Crippen LogP contribution in [0.25, 0.3) is 0 Å². The second kappa shape index (κ2) is 12.9. The molecule has 1 saturated heterocycles. The first-order valence-corrected chi connectivity index (χ1v) is 13.8. The van der Waals surface area contributed by atoms with Crippen LogP contribution < -0.4 is 16.4 Å². The van der Waals surface area contributed by atoms with Gasteiger partial charge in [0.15, 0.2) is 5.82 Å². The Morgan fingerprint density at radius 3 is 2.44 bits per heavy atom. The Morgan fingerprint density at radius 1 is 1.10 bits per heavy atom. The number of hydrogen-bond donors (Lipinski definition) is 3. The highest BCUT2D eigenvalue weighted by atomic mass is 32.2. The summed E-state index contributed by atoms with van der Waals surface area (Å²) in [5.41, 5.74) is 6.51. The molecule has 4 N–H and O–H groups in total. The molecule has 206 valence electrons. The minimum atomic E-state index is -1.18.